The van der Waals surface area contributed by atoms with E-state index in [2.05, 4.69) is 10.6 Å². The summed E-state index contributed by atoms with van der Waals surface area (Å²) in [7, 11) is 3.38. The summed E-state index contributed by atoms with van der Waals surface area (Å²) >= 11 is 0. The average Bonchev–Trinajstić information content (AvgIpc) is 3.35. The molecule has 1 aliphatic rings. The number of ether oxygens (including phenoxy) is 1. The third-order valence-electron chi connectivity index (χ3n) is 3.66. The van der Waals surface area contributed by atoms with Crippen molar-refractivity contribution in [1.29, 1.82) is 0 Å². The largest absolute Gasteiger partial charge is 0.484 e. The first kappa shape index (κ1) is 20.3. The second-order valence-electron chi connectivity index (χ2n) is 6.08. The summed E-state index contributed by atoms with van der Waals surface area (Å²) in [5.74, 6) is 1.28. The van der Waals surface area contributed by atoms with Crippen molar-refractivity contribution in [1.82, 2.24) is 15.5 Å². The van der Waals surface area contributed by atoms with Gasteiger partial charge < -0.3 is 20.3 Å². The molecule has 0 heterocycles. The lowest BCUT2D eigenvalue weighted by Crippen LogP contribution is -2.34. The third kappa shape index (κ3) is 7.66. The number of amides is 2. The van der Waals surface area contributed by atoms with Crippen molar-refractivity contribution in [3.8, 4) is 5.75 Å². The van der Waals surface area contributed by atoms with Crippen molar-refractivity contribution in [3.05, 3.63) is 29.8 Å². The van der Waals surface area contributed by atoms with E-state index >= 15 is 0 Å². The third-order valence-corrected chi connectivity index (χ3v) is 3.66. The molecular formula is C17H26ClN3O3. The lowest BCUT2D eigenvalue weighted by atomic mass is 10.2. The highest BCUT2D eigenvalue weighted by atomic mass is 35.5. The van der Waals surface area contributed by atoms with Gasteiger partial charge in [-0.05, 0) is 43.0 Å². The molecule has 2 amide bonds. The molecule has 134 valence electrons. The van der Waals surface area contributed by atoms with E-state index in [0.717, 1.165) is 18.0 Å². The normalized spacial score (nSPS) is 12.9. The number of hydrogen-bond acceptors (Lipinski definition) is 4. The summed E-state index contributed by atoms with van der Waals surface area (Å²) in [5.41, 5.74) is 0.940. The van der Waals surface area contributed by atoms with Gasteiger partial charge in [-0.15, -0.1) is 12.4 Å². The van der Waals surface area contributed by atoms with Crippen LogP contribution in [0.25, 0.3) is 0 Å². The van der Waals surface area contributed by atoms with E-state index in [1.807, 2.05) is 18.2 Å². The molecule has 0 aliphatic heterocycles. The number of carbonyl (C=O) groups is 2. The smallest absolute Gasteiger partial charge is 0.259 e. The van der Waals surface area contributed by atoms with E-state index in [1.165, 1.54) is 17.7 Å². The SMILES string of the molecule is CN(C)C(=O)COc1cccc(CNC(=O)CNCC2CC2)c1.Cl. The second-order valence-corrected chi connectivity index (χ2v) is 6.08. The van der Waals surface area contributed by atoms with Gasteiger partial charge in [0.1, 0.15) is 5.75 Å². The van der Waals surface area contributed by atoms with Crippen molar-refractivity contribution >= 4 is 24.2 Å². The molecule has 1 aromatic rings. The van der Waals surface area contributed by atoms with E-state index in [1.54, 1.807) is 20.2 Å². The van der Waals surface area contributed by atoms with Gasteiger partial charge in [0.25, 0.3) is 5.91 Å². The highest BCUT2D eigenvalue weighted by Crippen LogP contribution is 2.27. The fourth-order valence-electron chi connectivity index (χ4n) is 1.99. The van der Waals surface area contributed by atoms with Gasteiger partial charge in [-0.2, -0.15) is 0 Å². The maximum Gasteiger partial charge on any atom is 0.259 e. The quantitative estimate of drug-likeness (QED) is 0.698. The molecule has 2 N–H and O–H groups in total. The fourth-order valence-corrected chi connectivity index (χ4v) is 1.99. The lowest BCUT2D eigenvalue weighted by Gasteiger charge is -2.12. The molecule has 0 atom stereocenters. The molecule has 7 heteroatoms. The second kappa shape index (κ2) is 10.2. The van der Waals surface area contributed by atoms with Crippen LogP contribution in [0.15, 0.2) is 24.3 Å². The van der Waals surface area contributed by atoms with Crippen molar-refractivity contribution < 1.29 is 14.3 Å². The van der Waals surface area contributed by atoms with Crippen molar-refractivity contribution in [2.24, 2.45) is 5.92 Å². The zero-order valence-electron chi connectivity index (χ0n) is 14.2. The molecule has 0 unspecified atom stereocenters. The predicted octanol–water partition coefficient (Wildman–Crippen LogP) is 1.19. The molecule has 2 rings (SSSR count). The number of hydrogen-bond donors (Lipinski definition) is 2. The summed E-state index contributed by atoms with van der Waals surface area (Å²) in [6.07, 6.45) is 2.55. The maximum atomic E-state index is 11.7. The number of carbonyl (C=O) groups excluding carboxylic acids is 2. The van der Waals surface area contributed by atoms with Gasteiger partial charge in [-0.1, -0.05) is 12.1 Å². The van der Waals surface area contributed by atoms with E-state index in [4.69, 9.17) is 4.74 Å². The Morgan fingerprint density at radius 1 is 1.29 bits per heavy atom. The van der Waals surface area contributed by atoms with Crippen LogP contribution in [0.3, 0.4) is 0 Å². The minimum absolute atomic E-state index is 0. The first-order valence-electron chi connectivity index (χ1n) is 7.94. The van der Waals surface area contributed by atoms with Crippen LogP contribution in [-0.4, -0.2) is 50.5 Å². The zero-order valence-corrected chi connectivity index (χ0v) is 15.0. The van der Waals surface area contributed by atoms with Gasteiger partial charge in [0.05, 0.1) is 6.54 Å². The Bertz CT molecular complexity index is 548. The maximum absolute atomic E-state index is 11.7. The molecule has 0 saturated heterocycles. The van der Waals surface area contributed by atoms with Gasteiger partial charge in [0.2, 0.25) is 5.91 Å². The minimum Gasteiger partial charge on any atom is -0.484 e. The zero-order chi connectivity index (χ0) is 16.7. The van der Waals surface area contributed by atoms with Gasteiger partial charge >= 0.3 is 0 Å². The van der Waals surface area contributed by atoms with Crippen LogP contribution in [0.1, 0.15) is 18.4 Å². The summed E-state index contributed by atoms with van der Waals surface area (Å²) < 4.78 is 5.46. The molecular weight excluding hydrogens is 330 g/mol. The van der Waals surface area contributed by atoms with Crippen molar-refractivity contribution in [2.75, 3.05) is 33.8 Å². The molecule has 6 nitrogen and oxygen atoms in total. The molecule has 1 aromatic carbocycles. The Morgan fingerprint density at radius 2 is 2.04 bits per heavy atom. The Morgan fingerprint density at radius 3 is 2.71 bits per heavy atom. The Balaban J connectivity index is 0.00000288. The number of likely N-dealkylation sites (N-methyl/N-ethyl adjacent to an activating group) is 1. The Hall–Kier alpha value is -1.79. The molecule has 0 radical (unpaired) electrons. The van der Waals surface area contributed by atoms with E-state index < -0.39 is 0 Å². The highest BCUT2D eigenvalue weighted by Gasteiger charge is 2.20. The highest BCUT2D eigenvalue weighted by molar-refractivity contribution is 5.85. The first-order chi connectivity index (χ1) is 11.0. The molecule has 0 spiro atoms. The number of rotatable bonds is 9. The molecule has 1 saturated carbocycles. The van der Waals surface area contributed by atoms with Crippen LogP contribution >= 0.6 is 12.4 Å². The number of nitrogens with zero attached hydrogens (tertiary/aromatic N) is 1. The van der Waals surface area contributed by atoms with E-state index in [-0.39, 0.29) is 30.8 Å². The molecule has 0 bridgehead atoms. The molecule has 24 heavy (non-hydrogen) atoms. The van der Waals surface area contributed by atoms with E-state index in [9.17, 15) is 9.59 Å². The van der Waals surface area contributed by atoms with Crippen LogP contribution < -0.4 is 15.4 Å². The fraction of sp³-hybridized carbons (Fsp3) is 0.529. The van der Waals surface area contributed by atoms with Gasteiger partial charge in [-0.25, -0.2) is 0 Å². The van der Waals surface area contributed by atoms with Crippen molar-refractivity contribution in [3.63, 3.8) is 0 Å². The van der Waals surface area contributed by atoms with Crippen LogP contribution in [0.5, 0.6) is 5.75 Å². The number of benzene rings is 1. The van der Waals surface area contributed by atoms with Crippen LogP contribution in [0.2, 0.25) is 0 Å². The van der Waals surface area contributed by atoms with Gasteiger partial charge in [0.15, 0.2) is 6.61 Å². The molecule has 1 aliphatic carbocycles. The van der Waals surface area contributed by atoms with Crippen LogP contribution in [0, 0.1) is 5.92 Å². The lowest BCUT2D eigenvalue weighted by molar-refractivity contribution is -0.130. The topological polar surface area (TPSA) is 70.7 Å². The Kier molecular flexibility index (Phi) is 8.57. The summed E-state index contributed by atoms with van der Waals surface area (Å²) in [6, 6.07) is 7.40. The molecule has 0 aromatic heterocycles. The first-order valence-corrected chi connectivity index (χ1v) is 7.94. The van der Waals surface area contributed by atoms with Crippen LogP contribution in [-0.2, 0) is 16.1 Å². The summed E-state index contributed by atoms with van der Waals surface area (Å²) in [5, 5.41) is 6.03. The summed E-state index contributed by atoms with van der Waals surface area (Å²) in [4.78, 5) is 24.7. The summed E-state index contributed by atoms with van der Waals surface area (Å²) in [6.45, 7) is 1.73. The Labute approximate surface area is 149 Å². The predicted molar refractivity (Wildman–Crippen MR) is 95.3 cm³/mol. The minimum atomic E-state index is -0.0922. The standard InChI is InChI=1S/C17H25N3O3.ClH/c1-20(2)17(22)12-23-15-5-3-4-14(8-15)10-19-16(21)11-18-9-13-6-7-13;/h3-5,8,13,18H,6-7,9-12H2,1-2H3,(H,19,21);1H. The molecule has 1 fully saturated rings. The van der Waals surface area contributed by atoms with Gasteiger partial charge in [-0.3, -0.25) is 9.59 Å². The average molecular weight is 356 g/mol. The van der Waals surface area contributed by atoms with Crippen LogP contribution in [0.4, 0.5) is 0 Å². The van der Waals surface area contributed by atoms with E-state index in [0.29, 0.717) is 18.8 Å². The van der Waals surface area contributed by atoms with Crippen molar-refractivity contribution in [2.45, 2.75) is 19.4 Å². The monoisotopic (exact) mass is 355 g/mol. The van der Waals surface area contributed by atoms with Gasteiger partial charge in [0, 0.05) is 20.6 Å². The number of nitrogens with one attached hydrogen (secondary N) is 2. The number of halogens is 1.